The van der Waals surface area contributed by atoms with Crippen LogP contribution in [0.1, 0.15) is 59.8 Å². The van der Waals surface area contributed by atoms with Gasteiger partial charge in [0, 0.05) is 12.0 Å². The third kappa shape index (κ3) is 2.67. The number of amides is 1. The van der Waals surface area contributed by atoms with Gasteiger partial charge in [0.1, 0.15) is 0 Å². The van der Waals surface area contributed by atoms with Crippen molar-refractivity contribution in [2.45, 2.75) is 71.9 Å². The summed E-state index contributed by atoms with van der Waals surface area (Å²) in [6.45, 7) is 12.4. The van der Waals surface area contributed by atoms with Gasteiger partial charge in [-0.25, -0.2) is 12.7 Å². The molecule has 0 aromatic heterocycles. The Morgan fingerprint density at radius 1 is 1.42 bits per heavy atom. The van der Waals surface area contributed by atoms with Crippen molar-refractivity contribution < 1.29 is 17.9 Å². The van der Waals surface area contributed by atoms with Gasteiger partial charge in [-0.3, -0.25) is 4.79 Å². The Morgan fingerprint density at radius 3 is 2.69 bits per heavy atom. The first-order valence-electron chi connectivity index (χ1n) is 9.91. The summed E-state index contributed by atoms with van der Waals surface area (Å²) in [4.78, 5) is 13.3. The average molecular weight is 384 g/mol. The van der Waals surface area contributed by atoms with Crippen LogP contribution in [0.2, 0.25) is 0 Å². The Balaban J connectivity index is 1.88. The molecule has 26 heavy (non-hydrogen) atoms. The van der Waals surface area contributed by atoms with Crippen molar-refractivity contribution in [2.24, 2.45) is 22.7 Å². The van der Waals surface area contributed by atoms with Crippen LogP contribution >= 0.6 is 0 Å². The standard InChI is InChI=1S/C20H33NO4S/c1-6-8-9-16(25-7-2)14(3)18(22)21-17-12-15-10-11-20(17,19(15,4)5)13-26(21,23)24/h6,14-17H,1,7-13H2,2-5H3/t14-,15?,16-,17+,20+/m1/s1. The van der Waals surface area contributed by atoms with Gasteiger partial charge in [0.25, 0.3) is 0 Å². The quantitative estimate of drug-likeness (QED) is 0.633. The normalized spacial score (nSPS) is 35.9. The van der Waals surface area contributed by atoms with E-state index in [-0.39, 0.29) is 34.6 Å². The second-order valence-corrected chi connectivity index (χ2v) is 10.7. The van der Waals surface area contributed by atoms with Crippen molar-refractivity contribution in [1.29, 1.82) is 0 Å². The molecule has 5 nitrogen and oxygen atoms in total. The molecule has 0 aromatic carbocycles. The van der Waals surface area contributed by atoms with Crippen molar-refractivity contribution in [3.05, 3.63) is 12.7 Å². The number of carbonyl (C=O) groups is 1. The van der Waals surface area contributed by atoms with Crippen LogP contribution in [0.3, 0.4) is 0 Å². The molecule has 148 valence electrons. The topological polar surface area (TPSA) is 63.7 Å². The Labute approximate surface area is 158 Å². The van der Waals surface area contributed by atoms with Gasteiger partial charge in [0.15, 0.2) is 0 Å². The molecule has 2 aliphatic carbocycles. The number of fused-ring (bicyclic) bond motifs is 1. The van der Waals surface area contributed by atoms with Crippen LogP contribution in [0.25, 0.3) is 0 Å². The highest BCUT2D eigenvalue weighted by molar-refractivity contribution is 7.90. The summed E-state index contributed by atoms with van der Waals surface area (Å²) in [7, 11) is -3.57. The summed E-state index contributed by atoms with van der Waals surface area (Å²) >= 11 is 0. The molecule has 1 heterocycles. The summed E-state index contributed by atoms with van der Waals surface area (Å²) in [6.07, 6.45) is 5.78. The largest absolute Gasteiger partial charge is 0.378 e. The highest BCUT2D eigenvalue weighted by atomic mass is 32.2. The molecule has 1 aliphatic heterocycles. The number of carbonyl (C=O) groups excluding carboxylic acids is 1. The molecule has 1 spiro atoms. The van der Waals surface area contributed by atoms with Gasteiger partial charge in [-0.1, -0.05) is 26.8 Å². The molecule has 6 heteroatoms. The van der Waals surface area contributed by atoms with Crippen LogP contribution in [0.5, 0.6) is 0 Å². The van der Waals surface area contributed by atoms with Crippen LogP contribution in [0.4, 0.5) is 0 Å². The number of hydrogen-bond donors (Lipinski definition) is 0. The predicted molar refractivity (Wildman–Crippen MR) is 102 cm³/mol. The van der Waals surface area contributed by atoms with Crippen LogP contribution in [0.15, 0.2) is 12.7 Å². The number of rotatable bonds is 7. The zero-order valence-electron chi connectivity index (χ0n) is 16.5. The Hall–Kier alpha value is -0.880. The van der Waals surface area contributed by atoms with E-state index in [4.69, 9.17) is 4.74 Å². The van der Waals surface area contributed by atoms with Gasteiger partial charge in [0.05, 0.1) is 23.8 Å². The van der Waals surface area contributed by atoms with E-state index in [0.29, 0.717) is 18.9 Å². The summed E-state index contributed by atoms with van der Waals surface area (Å²) in [5.74, 6) is -0.115. The van der Waals surface area contributed by atoms with Gasteiger partial charge >= 0.3 is 0 Å². The number of nitrogens with zero attached hydrogens (tertiary/aromatic N) is 1. The van der Waals surface area contributed by atoms with Crippen molar-refractivity contribution in [3.63, 3.8) is 0 Å². The monoisotopic (exact) mass is 383 g/mol. The maximum Gasteiger partial charge on any atom is 0.241 e. The molecule has 0 N–H and O–H groups in total. The highest BCUT2D eigenvalue weighted by Gasteiger charge is 2.72. The minimum atomic E-state index is -3.57. The molecule has 0 radical (unpaired) electrons. The van der Waals surface area contributed by atoms with E-state index in [1.54, 1.807) is 0 Å². The molecule has 2 saturated carbocycles. The predicted octanol–water partition coefficient (Wildman–Crippen LogP) is 3.36. The highest BCUT2D eigenvalue weighted by Crippen LogP contribution is 2.70. The van der Waals surface area contributed by atoms with Gasteiger partial charge in [-0.2, -0.15) is 0 Å². The molecule has 1 unspecified atom stereocenters. The van der Waals surface area contributed by atoms with Gasteiger partial charge in [0.2, 0.25) is 15.9 Å². The van der Waals surface area contributed by atoms with E-state index < -0.39 is 15.9 Å². The lowest BCUT2D eigenvalue weighted by molar-refractivity contribution is -0.138. The Bertz CT molecular complexity index is 686. The number of hydrogen-bond acceptors (Lipinski definition) is 4. The van der Waals surface area contributed by atoms with Gasteiger partial charge < -0.3 is 4.74 Å². The van der Waals surface area contributed by atoms with Gasteiger partial charge in [-0.05, 0) is 50.4 Å². The van der Waals surface area contributed by atoms with Crippen molar-refractivity contribution >= 4 is 15.9 Å². The van der Waals surface area contributed by atoms with Crippen molar-refractivity contribution in [1.82, 2.24) is 4.31 Å². The lowest BCUT2D eigenvalue weighted by atomic mass is 9.69. The fraction of sp³-hybridized carbons (Fsp3) is 0.850. The van der Waals surface area contributed by atoms with Crippen LogP contribution in [-0.2, 0) is 19.6 Å². The van der Waals surface area contributed by atoms with E-state index in [2.05, 4.69) is 20.4 Å². The van der Waals surface area contributed by atoms with Crippen molar-refractivity contribution in [2.75, 3.05) is 12.4 Å². The molecule has 0 aromatic rings. The molecular formula is C20H33NO4S. The lowest BCUT2D eigenvalue weighted by Crippen LogP contribution is -2.48. The molecule has 5 atom stereocenters. The zero-order chi connectivity index (χ0) is 19.3. The summed E-state index contributed by atoms with van der Waals surface area (Å²) < 4.78 is 33.1. The van der Waals surface area contributed by atoms with E-state index in [9.17, 15) is 13.2 Å². The first-order valence-corrected chi connectivity index (χ1v) is 11.5. The molecule has 1 amide bonds. The number of allylic oxidation sites excluding steroid dienone is 1. The van der Waals surface area contributed by atoms with Crippen LogP contribution < -0.4 is 0 Å². The smallest absolute Gasteiger partial charge is 0.241 e. The molecule has 1 saturated heterocycles. The Kier molecular flexibility index (Phi) is 5.06. The average Bonchev–Trinajstić information content (AvgIpc) is 3.04. The zero-order valence-corrected chi connectivity index (χ0v) is 17.3. The van der Waals surface area contributed by atoms with Crippen LogP contribution in [-0.4, -0.2) is 43.1 Å². The minimum absolute atomic E-state index is 0.0227. The van der Waals surface area contributed by atoms with E-state index >= 15 is 0 Å². The Morgan fingerprint density at radius 2 is 2.12 bits per heavy atom. The van der Waals surface area contributed by atoms with E-state index in [0.717, 1.165) is 25.7 Å². The number of sulfonamides is 1. The summed E-state index contributed by atoms with van der Waals surface area (Å²) in [5.41, 5.74) is -0.292. The summed E-state index contributed by atoms with van der Waals surface area (Å²) in [5, 5.41) is 0. The first kappa shape index (κ1) is 19.9. The summed E-state index contributed by atoms with van der Waals surface area (Å²) in [6, 6.07) is -0.169. The van der Waals surface area contributed by atoms with Crippen LogP contribution in [0, 0.1) is 22.7 Å². The second-order valence-electron chi connectivity index (χ2n) is 8.90. The molecule has 3 rings (SSSR count). The number of ether oxygens (including phenoxy) is 1. The molecular weight excluding hydrogens is 350 g/mol. The maximum absolute atomic E-state index is 13.3. The fourth-order valence-electron chi connectivity index (χ4n) is 5.91. The first-order chi connectivity index (χ1) is 12.1. The fourth-order valence-corrected chi connectivity index (χ4v) is 8.53. The molecule has 3 aliphatic rings. The SMILES string of the molecule is C=CCC[C@@H](OCC)[C@@H](C)C(=O)N1[C@H]2CC3CC[C@@]2(CS1(=O)=O)C3(C)C. The third-order valence-corrected chi connectivity index (χ3v) is 9.53. The molecule has 3 fully saturated rings. The molecule has 2 bridgehead atoms. The maximum atomic E-state index is 13.3. The second kappa shape index (κ2) is 6.62. The van der Waals surface area contributed by atoms with Crippen molar-refractivity contribution in [3.8, 4) is 0 Å². The van der Waals surface area contributed by atoms with E-state index in [1.807, 2.05) is 19.9 Å². The third-order valence-electron chi connectivity index (χ3n) is 7.61. The lowest BCUT2D eigenvalue weighted by Gasteiger charge is -2.37. The van der Waals surface area contributed by atoms with Gasteiger partial charge in [-0.15, -0.1) is 6.58 Å². The van der Waals surface area contributed by atoms with E-state index in [1.165, 1.54) is 4.31 Å². The minimum Gasteiger partial charge on any atom is -0.378 e.